The molecule has 2 heterocycles. The Bertz CT molecular complexity index is 1090. The Morgan fingerprint density at radius 2 is 2.03 bits per heavy atom. The van der Waals surface area contributed by atoms with Crippen molar-refractivity contribution in [2.45, 2.75) is 64.7 Å². The van der Waals surface area contributed by atoms with Crippen LogP contribution in [-0.4, -0.2) is 58.2 Å². The van der Waals surface area contributed by atoms with Crippen LogP contribution in [0.15, 0.2) is 30.6 Å². The number of aromatic amines is 1. The third kappa shape index (κ3) is 7.72. The van der Waals surface area contributed by atoms with Gasteiger partial charge >= 0.3 is 12.1 Å². The fraction of sp³-hybridized carbons (Fsp3) is 0.458. The van der Waals surface area contributed by atoms with E-state index >= 15 is 0 Å². The lowest BCUT2D eigenvalue weighted by atomic mass is 10.0. The van der Waals surface area contributed by atoms with Gasteiger partial charge in [-0.15, -0.1) is 0 Å². The molecular weight excluding hydrogens is 470 g/mol. The number of imidazole rings is 1. The summed E-state index contributed by atoms with van der Waals surface area (Å²) in [7, 11) is 0. The van der Waals surface area contributed by atoms with Crippen molar-refractivity contribution in [3.63, 3.8) is 0 Å². The number of amides is 3. The van der Waals surface area contributed by atoms with E-state index in [-0.39, 0.29) is 37.7 Å². The molecule has 0 spiro atoms. The van der Waals surface area contributed by atoms with E-state index in [0.29, 0.717) is 22.9 Å². The highest BCUT2D eigenvalue weighted by molar-refractivity contribution is 5.98. The lowest BCUT2D eigenvalue weighted by Gasteiger charge is -2.26. The molecule has 1 aliphatic heterocycles. The van der Waals surface area contributed by atoms with Gasteiger partial charge in [-0.1, -0.05) is 6.07 Å². The maximum Gasteiger partial charge on any atom is 0.408 e. The number of hydrogen-bond donors (Lipinski definition) is 4. The number of nitrogens with one attached hydrogen (secondary N) is 4. The van der Waals surface area contributed by atoms with Gasteiger partial charge in [-0.2, -0.15) is 0 Å². The van der Waals surface area contributed by atoms with E-state index in [0.717, 1.165) is 0 Å². The van der Waals surface area contributed by atoms with Crippen molar-refractivity contribution in [3.05, 3.63) is 36.2 Å². The second kappa shape index (κ2) is 11.6. The van der Waals surface area contributed by atoms with E-state index in [1.54, 1.807) is 52.1 Å². The van der Waals surface area contributed by atoms with Crippen LogP contribution in [0, 0.1) is 0 Å². The smallest absolute Gasteiger partial charge is 0.408 e. The van der Waals surface area contributed by atoms with Crippen molar-refractivity contribution in [1.82, 2.24) is 15.3 Å². The number of hydrogen-bond acceptors (Lipinski definition) is 8. The van der Waals surface area contributed by atoms with Crippen LogP contribution in [0.25, 0.3) is 0 Å². The molecule has 0 saturated carbocycles. The maximum atomic E-state index is 12.6. The number of carbonyl (C=O) groups excluding carboxylic acids is 4. The minimum atomic E-state index is -0.988. The Morgan fingerprint density at radius 1 is 1.25 bits per heavy atom. The molecule has 0 aliphatic carbocycles. The van der Waals surface area contributed by atoms with Gasteiger partial charge in [-0.25, -0.2) is 14.6 Å². The number of anilines is 2. The van der Waals surface area contributed by atoms with Crippen molar-refractivity contribution in [2.24, 2.45) is 0 Å². The number of fused-ring (bicyclic) bond motifs is 1. The molecule has 1 aliphatic rings. The predicted octanol–water partition coefficient (Wildman–Crippen LogP) is 2.53. The number of H-pyrrole nitrogens is 1. The molecular formula is C24H31N5O7. The normalized spacial score (nSPS) is 15.6. The molecule has 36 heavy (non-hydrogen) atoms. The minimum absolute atomic E-state index is 0.0593. The monoisotopic (exact) mass is 501 g/mol. The predicted molar refractivity (Wildman–Crippen MR) is 129 cm³/mol. The third-order valence-corrected chi connectivity index (χ3v) is 4.96. The summed E-state index contributed by atoms with van der Waals surface area (Å²) < 4.78 is 16.1. The quantitative estimate of drug-likeness (QED) is 0.381. The summed E-state index contributed by atoms with van der Waals surface area (Å²) in [5.74, 6) is -0.532. The van der Waals surface area contributed by atoms with Crippen molar-refractivity contribution >= 4 is 35.5 Å². The first-order valence-electron chi connectivity index (χ1n) is 11.6. The molecule has 1 aromatic carbocycles. The molecule has 3 amide bonds. The zero-order valence-electron chi connectivity index (χ0n) is 20.7. The zero-order valence-corrected chi connectivity index (χ0v) is 20.7. The lowest BCUT2D eigenvalue weighted by molar-refractivity contribution is -0.145. The van der Waals surface area contributed by atoms with Gasteiger partial charge in [0, 0.05) is 31.7 Å². The Kier molecular flexibility index (Phi) is 8.51. The van der Waals surface area contributed by atoms with Crippen LogP contribution in [0.1, 0.15) is 46.1 Å². The van der Waals surface area contributed by atoms with Gasteiger partial charge in [0.15, 0.2) is 6.10 Å². The average Bonchev–Trinajstić information content (AvgIpc) is 3.29. The molecule has 1 unspecified atom stereocenters. The Balaban J connectivity index is 1.62. The molecule has 0 radical (unpaired) electrons. The van der Waals surface area contributed by atoms with Gasteiger partial charge in [0.25, 0.3) is 5.91 Å². The molecule has 12 heteroatoms. The van der Waals surface area contributed by atoms with E-state index in [2.05, 4.69) is 25.9 Å². The molecule has 12 nitrogen and oxygen atoms in total. The molecule has 0 bridgehead atoms. The SMILES string of the molecule is CCOC(=O)C(Cc1ccc2c(c1)NC(=O)[C@@H](CCC(=O)Nc1ncc[nH]1)O2)NC(=O)OC(C)(C)C. The summed E-state index contributed by atoms with van der Waals surface area (Å²) in [4.78, 5) is 56.0. The standard InChI is InChI=1S/C24H31N5O7/c1-5-34-21(32)16(28-23(33)36-24(2,3)4)13-14-6-7-17-15(12-14)27-20(31)18(35-17)8-9-19(30)29-22-25-10-11-26-22/h6-7,10-12,16,18H,5,8-9,13H2,1-4H3,(H,27,31)(H,28,33)(H2,25,26,29,30)/t16?,18-/m1/s1. The van der Waals surface area contributed by atoms with Crippen LogP contribution in [0.4, 0.5) is 16.4 Å². The summed E-state index contributed by atoms with van der Waals surface area (Å²) in [6, 6.07) is 4.06. The maximum absolute atomic E-state index is 12.6. The molecule has 0 saturated heterocycles. The average molecular weight is 502 g/mol. The summed E-state index contributed by atoms with van der Waals surface area (Å²) in [5.41, 5.74) is 0.351. The van der Waals surface area contributed by atoms with Crippen molar-refractivity contribution in [1.29, 1.82) is 0 Å². The molecule has 3 rings (SSSR count). The fourth-order valence-corrected chi connectivity index (χ4v) is 3.43. The van der Waals surface area contributed by atoms with E-state index < -0.39 is 29.8 Å². The first-order chi connectivity index (χ1) is 17.0. The van der Waals surface area contributed by atoms with Crippen LogP contribution >= 0.6 is 0 Å². The van der Waals surface area contributed by atoms with Crippen LogP contribution in [0.2, 0.25) is 0 Å². The number of nitrogens with zero attached hydrogens (tertiary/aromatic N) is 1. The minimum Gasteiger partial charge on any atom is -0.478 e. The third-order valence-electron chi connectivity index (χ3n) is 4.96. The van der Waals surface area contributed by atoms with Gasteiger partial charge in [0.05, 0.1) is 12.3 Å². The summed E-state index contributed by atoms with van der Waals surface area (Å²) >= 11 is 0. The number of rotatable bonds is 9. The Morgan fingerprint density at radius 3 is 2.69 bits per heavy atom. The van der Waals surface area contributed by atoms with Crippen LogP contribution in [0.3, 0.4) is 0 Å². The van der Waals surface area contributed by atoms with Crippen molar-refractivity contribution in [2.75, 3.05) is 17.2 Å². The van der Waals surface area contributed by atoms with Crippen LogP contribution < -0.4 is 20.7 Å². The molecule has 194 valence electrons. The number of aromatic nitrogens is 2. The highest BCUT2D eigenvalue weighted by Gasteiger charge is 2.30. The first kappa shape index (κ1) is 26.5. The van der Waals surface area contributed by atoms with Crippen molar-refractivity contribution in [3.8, 4) is 5.75 Å². The van der Waals surface area contributed by atoms with E-state index in [4.69, 9.17) is 14.2 Å². The summed E-state index contributed by atoms with van der Waals surface area (Å²) in [5, 5.41) is 7.92. The molecule has 1 aromatic heterocycles. The van der Waals surface area contributed by atoms with Gasteiger partial charge in [0.2, 0.25) is 11.9 Å². The molecule has 0 fully saturated rings. The Labute approximate surface area is 208 Å². The second-order valence-electron chi connectivity index (χ2n) is 9.11. The summed E-state index contributed by atoms with van der Waals surface area (Å²) in [6.07, 6.45) is 1.86. The highest BCUT2D eigenvalue weighted by atomic mass is 16.6. The lowest BCUT2D eigenvalue weighted by Crippen LogP contribution is -2.45. The van der Waals surface area contributed by atoms with E-state index in [1.165, 1.54) is 6.20 Å². The number of alkyl carbamates (subject to hydrolysis) is 1. The van der Waals surface area contributed by atoms with E-state index in [9.17, 15) is 19.2 Å². The zero-order chi connectivity index (χ0) is 26.3. The highest BCUT2D eigenvalue weighted by Crippen LogP contribution is 2.32. The van der Waals surface area contributed by atoms with Gasteiger partial charge in [-0.3, -0.25) is 14.9 Å². The van der Waals surface area contributed by atoms with Crippen LogP contribution in [0.5, 0.6) is 5.75 Å². The molecule has 2 aromatic rings. The first-order valence-corrected chi connectivity index (χ1v) is 11.6. The van der Waals surface area contributed by atoms with Gasteiger partial charge < -0.3 is 29.8 Å². The van der Waals surface area contributed by atoms with Crippen molar-refractivity contribution < 1.29 is 33.4 Å². The fourth-order valence-electron chi connectivity index (χ4n) is 3.43. The van der Waals surface area contributed by atoms with Crippen LogP contribution in [-0.2, 0) is 30.3 Å². The number of carbonyl (C=O) groups is 4. The van der Waals surface area contributed by atoms with Gasteiger partial charge in [0.1, 0.15) is 17.4 Å². The van der Waals surface area contributed by atoms with Gasteiger partial charge in [-0.05, 0) is 45.4 Å². The molecule has 2 atom stereocenters. The molecule has 4 N–H and O–H groups in total. The second-order valence-corrected chi connectivity index (χ2v) is 9.11. The largest absolute Gasteiger partial charge is 0.478 e. The Hall–Kier alpha value is -4.09. The summed E-state index contributed by atoms with van der Waals surface area (Å²) in [6.45, 7) is 6.98. The topological polar surface area (TPSA) is 161 Å². The number of benzene rings is 1. The number of esters is 1. The number of ether oxygens (including phenoxy) is 3. The van der Waals surface area contributed by atoms with E-state index in [1.807, 2.05) is 0 Å².